The van der Waals surface area contributed by atoms with Crippen LogP contribution in [0.15, 0.2) is 15.9 Å². The zero-order chi connectivity index (χ0) is 14.5. The third-order valence-corrected chi connectivity index (χ3v) is 4.05. The molecule has 0 atom stereocenters. The van der Waals surface area contributed by atoms with Crippen molar-refractivity contribution < 1.29 is 4.79 Å². The van der Waals surface area contributed by atoms with Crippen LogP contribution in [0.2, 0.25) is 0 Å². The Labute approximate surface area is 127 Å². The molecule has 1 heterocycles. The molecule has 0 bridgehead atoms. The van der Waals surface area contributed by atoms with E-state index in [9.17, 15) is 4.79 Å². The highest BCUT2D eigenvalue weighted by atomic mass is 79.9. The first kappa shape index (κ1) is 16.6. The molecule has 1 aromatic rings. The van der Waals surface area contributed by atoms with Crippen molar-refractivity contribution in [2.24, 2.45) is 5.73 Å². The first-order valence-electron chi connectivity index (χ1n) is 6.26. The highest BCUT2D eigenvalue weighted by Gasteiger charge is 2.17. The van der Waals surface area contributed by atoms with Crippen LogP contribution in [0.25, 0.3) is 0 Å². The molecule has 1 amide bonds. The fraction of sp³-hybridized carbons (Fsp3) is 0.615. The topological polar surface area (TPSA) is 58.4 Å². The zero-order valence-corrected chi connectivity index (χ0v) is 14.1. The number of carbonyl (C=O) groups excluding carboxylic acids is 1. The van der Waals surface area contributed by atoms with Crippen LogP contribution in [-0.4, -0.2) is 36.0 Å². The summed E-state index contributed by atoms with van der Waals surface area (Å²) in [6.07, 6.45) is 0. The van der Waals surface area contributed by atoms with Gasteiger partial charge in [0.15, 0.2) is 0 Å². The summed E-state index contributed by atoms with van der Waals surface area (Å²) < 4.78 is 1.14. The minimum atomic E-state index is -0.245. The van der Waals surface area contributed by atoms with Crippen LogP contribution >= 0.6 is 27.3 Å². The van der Waals surface area contributed by atoms with E-state index in [4.69, 9.17) is 5.73 Å². The van der Waals surface area contributed by atoms with Crippen LogP contribution in [0, 0.1) is 0 Å². The molecule has 4 nitrogen and oxygen atoms in total. The van der Waals surface area contributed by atoms with Crippen LogP contribution in [0.5, 0.6) is 0 Å². The minimum absolute atomic E-state index is 0.00540. The maximum Gasteiger partial charge on any atom is 0.216 e. The standard InChI is InChI=1S/C13H22BrN3OS/c1-10(18)16-6-7-17(9-13(2,3)15)8-11-4-5-12(14)19-11/h4-5H,6-9,15H2,1-3H3,(H,16,18). The summed E-state index contributed by atoms with van der Waals surface area (Å²) in [5.74, 6) is 0.00540. The predicted molar refractivity (Wildman–Crippen MR) is 84.2 cm³/mol. The summed E-state index contributed by atoms with van der Waals surface area (Å²) in [5, 5.41) is 2.83. The van der Waals surface area contributed by atoms with E-state index in [0.29, 0.717) is 6.54 Å². The van der Waals surface area contributed by atoms with Gasteiger partial charge in [0.25, 0.3) is 0 Å². The van der Waals surface area contributed by atoms with Crippen molar-refractivity contribution in [1.29, 1.82) is 0 Å². The average Bonchev–Trinajstić information content (AvgIpc) is 2.60. The lowest BCUT2D eigenvalue weighted by atomic mass is 10.1. The van der Waals surface area contributed by atoms with Crippen molar-refractivity contribution in [3.05, 3.63) is 20.8 Å². The van der Waals surface area contributed by atoms with Gasteiger partial charge in [-0.15, -0.1) is 11.3 Å². The van der Waals surface area contributed by atoms with Crippen molar-refractivity contribution in [3.63, 3.8) is 0 Å². The second kappa shape index (κ2) is 7.38. The van der Waals surface area contributed by atoms with Gasteiger partial charge in [0.1, 0.15) is 0 Å². The molecule has 0 fully saturated rings. The monoisotopic (exact) mass is 347 g/mol. The SMILES string of the molecule is CC(=O)NCCN(Cc1ccc(Br)s1)CC(C)(C)N. The van der Waals surface area contributed by atoms with Gasteiger partial charge in [0.2, 0.25) is 5.91 Å². The van der Waals surface area contributed by atoms with Gasteiger partial charge in [-0.2, -0.15) is 0 Å². The molecule has 108 valence electrons. The van der Waals surface area contributed by atoms with E-state index in [2.05, 4.69) is 38.3 Å². The Bertz CT molecular complexity index is 414. The third-order valence-electron chi connectivity index (χ3n) is 2.44. The van der Waals surface area contributed by atoms with E-state index in [0.717, 1.165) is 23.4 Å². The zero-order valence-electron chi connectivity index (χ0n) is 11.7. The lowest BCUT2D eigenvalue weighted by Gasteiger charge is -2.29. The van der Waals surface area contributed by atoms with Gasteiger partial charge in [-0.3, -0.25) is 9.69 Å². The van der Waals surface area contributed by atoms with E-state index < -0.39 is 0 Å². The minimum Gasteiger partial charge on any atom is -0.355 e. The molecule has 0 spiro atoms. The average molecular weight is 348 g/mol. The van der Waals surface area contributed by atoms with E-state index in [1.807, 2.05) is 13.8 Å². The Morgan fingerprint density at radius 1 is 1.53 bits per heavy atom. The molecule has 0 radical (unpaired) electrons. The molecule has 0 saturated heterocycles. The summed E-state index contributed by atoms with van der Waals surface area (Å²) in [5.41, 5.74) is 5.85. The van der Waals surface area contributed by atoms with E-state index in [-0.39, 0.29) is 11.4 Å². The van der Waals surface area contributed by atoms with Crippen LogP contribution in [0.3, 0.4) is 0 Å². The van der Waals surface area contributed by atoms with Crippen LogP contribution in [0.4, 0.5) is 0 Å². The maximum absolute atomic E-state index is 10.9. The summed E-state index contributed by atoms with van der Waals surface area (Å²) in [4.78, 5) is 14.5. The van der Waals surface area contributed by atoms with Crippen LogP contribution in [0.1, 0.15) is 25.6 Å². The van der Waals surface area contributed by atoms with Gasteiger partial charge >= 0.3 is 0 Å². The molecular formula is C13H22BrN3OS. The first-order valence-corrected chi connectivity index (χ1v) is 7.87. The van der Waals surface area contributed by atoms with Gasteiger partial charge < -0.3 is 11.1 Å². The predicted octanol–water partition coefficient (Wildman–Crippen LogP) is 2.19. The second-order valence-electron chi connectivity index (χ2n) is 5.39. The molecule has 0 aromatic carbocycles. The van der Waals surface area contributed by atoms with E-state index >= 15 is 0 Å². The number of amides is 1. The molecule has 0 aliphatic carbocycles. The third kappa shape index (κ3) is 7.67. The molecular weight excluding hydrogens is 326 g/mol. The Balaban J connectivity index is 2.55. The summed E-state index contributed by atoms with van der Waals surface area (Å²) in [6, 6.07) is 4.17. The number of nitrogens with one attached hydrogen (secondary N) is 1. The molecule has 0 unspecified atom stereocenters. The number of carbonyl (C=O) groups is 1. The molecule has 6 heteroatoms. The van der Waals surface area contributed by atoms with Gasteiger partial charge in [-0.25, -0.2) is 0 Å². The van der Waals surface area contributed by atoms with Crippen molar-refractivity contribution >= 4 is 33.2 Å². The number of nitrogens with zero attached hydrogens (tertiary/aromatic N) is 1. The Morgan fingerprint density at radius 2 is 2.21 bits per heavy atom. The molecule has 19 heavy (non-hydrogen) atoms. The quantitative estimate of drug-likeness (QED) is 0.794. The highest BCUT2D eigenvalue weighted by molar-refractivity contribution is 9.11. The largest absolute Gasteiger partial charge is 0.355 e. The summed E-state index contributed by atoms with van der Waals surface area (Å²) in [7, 11) is 0. The smallest absolute Gasteiger partial charge is 0.216 e. The number of nitrogens with two attached hydrogens (primary N) is 1. The lowest BCUT2D eigenvalue weighted by molar-refractivity contribution is -0.119. The second-order valence-corrected chi connectivity index (χ2v) is 7.94. The van der Waals surface area contributed by atoms with Crippen LogP contribution < -0.4 is 11.1 Å². The normalized spacial score (nSPS) is 11.9. The van der Waals surface area contributed by atoms with Gasteiger partial charge in [0.05, 0.1) is 3.79 Å². The van der Waals surface area contributed by atoms with Crippen molar-refractivity contribution in [1.82, 2.24) is 10.2 Å². The number of halogens is 1. The van der Waals surface area contributed by atoms with E-state index in [1.54, 1.807) is 11.3 Å². The number of hydrogen-bond donors (Lipinski definition) is 2. The van der Waals surface area contributed by atoms with Gasteiger partial charge in [-0.05, 0) is 41.9 Å². The number of rotatable bonds is 7. The summed E-state index contributed by atoms with van der Waals surface area (Å²) >= 11 is 5.20. The Hall–Kier alpha value is -0.430. The van der Waals surface area contributed by atoms with Crippen molar-refractivity contribution in [2.45, 2.75) is 32.9 Å². The first-order chi connectivity index (χ1) is 8.76. The highest BCUT2D eigenvalue weighted by Crippen LogP contribution is 2.23. The molecule has 0 aliphatic rings. The van der Waals surface area contributed by atoms with Crippen molar-refractivity contribution in [2.75, 3.05) is 19.6 Å². The fourth-order valence-corrected chi connectivity index (χ4v) is 3.36. The lowest BCUT2D eigenvalue weighted by Crippen LogP contribution is -2.46. The van der Waals surface area contributed by atoms with Gasteiger partial charge in [0, 0.05) is 43.5 Å². The number of hydrogen-bond acceptors (Lipinski definition) is 4. The molecule has 1 rings (SSSR count). The summed E-state index contributed by atoms with van der Waals surface area (Å²) in [6.45, 7) is 8.67. The van der Waals surface area contributed by atoms with E-state index in [1.165, 1.54) is 11.8 Å². The molecule has 1 aromatic heterocycles. The molecule has 0 aliphatic heterocycles. The number of thiophene rings is 1. The Kier molecular flexibility index (Phi) is 6.46. The van der Waals surface area contributed by atoms with Crippen molar-refractivity contribution in [3.8, 4) is 0 Å². The fourth-order valence-electron chi connectivity index (χ4n) is 1.84. The Morgan fingerprint density at radius 3 is 2.68 bits per heavy atom. The van der Waals surface area contributed by atoms with Crippen LogP contribution in [-0.2, 0) is 11.3 Å². The molecule has 3 N–H and O–H groups in total. The van der Waals surface area contributed by atoms with Gasteiger partial charge in [-0.1, -0.05) is 0 Å². The molecule has 0 saturated carbocycles. The maximum atomic E-state index is 10.9.